The minimum atomic E-state index is -0.213. The second-order valence-corrected chi connectivity index (χ2v) is 4.41. The van der Waals surface area contributed by atoms with Crippen LogP contribution in [0, 0.1) is 23.6 Å². The second kappa shape index (κ2) is 3.49. The minimum absolute atomic E-state index is 0.213. The number of benzene rings is 1. The molecule has 2 unspecified atom stereocenters. The first-order valence-corrected chi connectivity index (χ1v) is 5.44. The second-order valence-electron chi connectivity index (χ2n) is 4.41. The zero-order chi connectivity index (χ0) is 10.3. The summed E-state index contributed by atoms with van der Waals surface area (Å²) in [6.07, 6.45) is 0. The van der Waals surface area contributed by atoms with E-state index in [1.807, 2.05) is 0 Å². The fourth-order valence-electron chi connectivity index (χ4n) is 2.52. The summed E-state index contributed by atoms with van der Waals surface area (Å²) in [5.41, 5.74) is 0. The number of hydrogen-bond donors (Lipinski definition) is 1. The van der Waals surface area contributed by atoms with E-state index < -0.39 is 0 Å². The Balaban J connectivity index is 1.52. The van der Waals surface area contributed by atoms with Crippen LogP contribution in [0.2, 0.25) is 0 Å². The Morgan fingerprint density at radius 1 is 1.20 bits per heavy atom. The van der Waals surface area contributed by atoms with Gasteiger partial charge in [-0.2, -0.15) is 0 Å². The van der Waals surface area contributed by atoms with Crippen molar-refractivity contribution in [3.63, 3.8) is 0 Å². The van der Waals surface area contributed by atoms with Crippen LogP contribution < -0.4 is 10.1 Å². The quantitative estimate of drug-likeness (QED) is 0.814. The number of hydrogen-bond acceptors (Lipinski definition) is 2. The summed E-state index contributed by atoms with van der Waals surface area (Å²) in [4.78, 5) is 0. The third-order valence-electron chi connectivity index (χ3n) is 3.53. The fraction of sp³-hybridized carbons (Fsp3) is 0.500. The van der Waals surface area contributed by atoms with Gasteiger partial charge < -0.3 is 10.1 Å². The van der Waals surface area contributed by atoms with Crippen molar-refractivity contribution in [2.24, 2.45) is 17.8 Å². The average Bonchev–Trinajstić information content (AvgIpc) is 2.71. The first-order chi connectivity index (χ1) is 7.34. The van der Waals surface area contributed by atoms with Crippen LogP contribution in [0.1, 0.15) is 0 Å². The van der Waals surface area contributed by atoms with Crippen molar-refractivity contribution in [3.05, 3.63) is 30.1 Å². The van der Waals surface area contributed by atoms with E-state index in [-0.39, 0.29) is 5.82 Å². The van der Waals surface area contributed by atoms with Crippen LogP contribution >= 0.6 is 0 Å². The van der Waals surface area contributed by atoms with Gasteiger partial charge in [0, 0.05) is 5.92 Å². The molecule has 1 aromatic rings. The zero-order valence-electron chi connectivity index (χ0n) is 8.45. The van der Waals surface area contributed by atoms with Gasteiger partial charge in [-0.1, -0.05) is 0 Å². The van der Waals surface area contributed by atoms with E-state index in [1.165, 1.54) is 12.1 Å². The van der Waals surface area contributed by atoms with Crippen LogP contribution in [0.4, 0.5) is 4.39 Å². The molecule has 2 nitrogen and oxygen atoms in total. The Morgan fingerprint density at radius 2 is 1.87 bits per heavy atom. The van der Waals surface area contributed by atoms with Gasteiger partial charge in [-0.15, -0.1) is 0 Å². The van der Waals surface area contributed by atoms with Crippen molar-refractivity contribution in [3.8, 4) is 5.75 Å². The van der Waals surface area contributed by atoms with E-state index in [2.05, 4.69) is 5.32 Å². The molecule has 0 radical (unpaired) electrons. The van der Waals surface area contributed by atoms with Crippen LogP contribution in [0.15, 0.2) is 24.3 Å². The molecular formula is C12H14FNO. The molecule has 2 atom stereocenters. The zero-order valence-corrected chi connectivity index (χ0v) is 8.45. The molecule has 1 saturated carbocycles. The van der Waals surface area contributed by atoms with E-state index in [9.17, 15) is 4.39 Å². The molecule has 3 heteroatoms. The number of fused-ring (bicyclic) bond motifs is 1. The number of halogens is 1. The maximum absolute atomic E-state index is 12.6. The highest BCUT2D eigenvalue weighted by molar-refractivity contribution is 5.22. The lowest BCUT2D eigenvalue weighted by molar-refractivity contribution is 0.280. The molecule has 80 valence electrons. The fourth-order valence-corrected chi connectivity index (χ4v) is 2.52. The SMILES string of the molecule is Fc1ccc(OCC2C3CNCC32)cc1. The minimum Gasteiger partial charge on any atom is -0.493 e. The molecule has 2 aliphatic rings. The predicted molar refractivity (Wildman–Crippen MR) is 55.2 cm³/mol. The van der Waals surface area contributed by atoms with E-state index in [1.54, 1.807) is 12.1 Å². The van der Waals surface area contributed by atoms with E-state index in [0.29, 0.717) is 0 Å². The van der Waals surface area contributed by atoms with Gasteiger partial charge in [0.1, 0.15) is 11.6 Å². The van der Waals surface area contributed by atoms with Gasteiger partial charge >= 0.3 is 0 Å². The summed E-state index contributed by atoms with van der Waals surface area (Å²) >= 11 is 0. The Hall–Kier alpha value is -1.09. The van der Waals surface area contributed by atoms with Gasteiger partial charge in [-0.3, -0.25) is 0 Å². The molecule has 1 saturated heterocycles. The van der Waals surface area contributed by atoms with Crippen LogP contribution in [-0.4, -0.2) is 19.7 Å². The van der Waals surface area contributed by atoms with Crippen molar-refractivity contribution in [2.75, 3.05) is 19.7 Å². The molecule has 1 heterocycles. The lowest BCUT2D eigenvalue weighted by Gasteiger charge is -2.07. The van der Waals surface area contributed by atoms with Crippen LogP contribution in [0.3, 0.4) is 0 Å². The smallest absolute Gasteiger partial charge is 0.123 e. The third kappa shape index (κ3) is 1.72. The Morgan fingerprint density at radius 3 is 2.53 bits per heavy atom. The van der Waals surface area contributed by atoms with Gasteiger partial charge in [-0.25, -0.2) is 4.39 Å². The first kappa shape index (κ1) is 9.16. The van der Waals surface area contributed by atoms with Crippen LogP contribution in [0.25, 0.3) is 0 Å². The van der Waals surface area contributed by atoms with Gasteiger partial charge in [0.2, 0.25) is 0 Å². The number of piperidine rings is 1. The normalized spacial score (nSPS) is 32.5. The van der Waals surface area contributed by atoms with E-state index in [0.717, 1.165) is 43.2 Å². The molecule has 0 amide bonds. The van der Waals surface area contributed by atoms with Gasteiger partial charge in [0.15, 0.2) is 0 Å². The van der Waals surface area contributed by atoms with Gasteiger partial charge in [0.05, 0.1) is 6.61 Å². The Bertz CT molecular complexity index is 341. The van der Waals surface area contributed by atoms with Crippen molar-refractivity contribution < 1.29 is 9.13 Å². The molecule has 3 rings (SSSR count). The van der Waals surface area contributed by atoms with Gasteiger partial charge in [-0.05, 0) is 49.2 Å². The molecule has 0 bridgehead atoms. The van der Waals surface area contributed by atoms with Crippen LogP contribution in [0.5, 0.6) is 5.75 Å². The summed E-state index contributed by atoms with van der Waals surface area (Å²) < 4.78 is 18.2. The Kier molecular flexibility index (Phi) is 2.13. The number of nitrogens with one attached hydrogen (secondary N) is 1. The first-order valence-electron chi connectivity index (χ1n) is 5.44. The maximum atomic E-state index is 12.6. The molecule has 1 aliphatic heterocycles. The molecular weight excluding hydrogens is 193 g/mol. The highest BCUT2D eigenvalue weighted by atomic mass is 19.1. The molecule has 2 fully saturated rings. The van der Waals surface area contributed by atoms with E-state index >= 15 is 0 Å². The summed E-state index contributed by atoms with van der Waals surface area (Å²) in [6.45, 7) is 3.06. The Labute approximate surface area is 88.4 Å². The van der Waals surface area contributed by atoms with Crippen LogP contribution in [-0.2, 0) is 0 Å². The van der Waals surface area contributed by atoms with Crippen molar-refractivity contribution in [2.45, 2.75) is 0 Å². The summed E-state index contributed by atoms with van der Waals surface area (Å²) in [7, 11) is 0. The lowest BCUT2D eigenvalue weighted by atomic mass is 10.3. The van der Waals surface area contributed by atoms with E-state index in [4.69, 9.17) is 4.74 Å². The summed E-state index contributed by atoms with van der Waals surface area (Å²) in [5, 5.41) is 3.35. The lowest BCUT2D eigenvalue weighted by Crippen LogP contribution is -2.17. The third-order valence-corrected chi connectivity index (χ3v) is 3.53. The molecule has 1 N–H and O–H groups in total. The molecule has 1 aromatic carbocycles. The summed E-state index contributed by atoms with van der Waals surface area (Å²) in [6, 6.07) is 6.24. The molecule has 0 aromatic heterocycles. The topological polar surface area (TPSA) is 21.3 Å². The van der Waals surface area contributed by atoms with Gasteiger partial charge in [0.25, 0.3) is 0 Å². The predicted octanol–water partition coefficient (Wildman–Crippen LogP) is 1.67. The average molecular weight is 207 g/mol. The highest BCUT2D eigenvalue weighted by Crippen LogP contribution is 2.48. The highest BCUT2D eigenvalue weighted by Gasteiger charge is 2.52. The summed E-state index contributed by atoms with van der Waals surface area (Å²) in [5.74, 6) is 2.93. The largest absolute Gasteiger partial charge is 0.493 e. The molecule has 15 heavy (non-hydrogen) atoms. The van der Waals surface area contributed by atoms with Crippen molar-refractivity contribution in [1.82, 2.24) is 5.32 Å². The number of ether oxygens (including phenoxy) is 1. The van der Waals surface area contributed by atoms with Crippen molar-refractivity contribution in [1.29, 1.82) is 0 Å². The van der Waals surface area contributed by atoms with Crippen molar-refractivity contribution >= 4 is 0 Å². The monoisotopic (exact) mass is 207 g/mol. The maximum Gasteiger partial charge on any atom is 0.123 e. The number of rotatable bonds is 3. The molecule has 0 spiro atoms. The standard InChI is InChI=1S/C12H14FNO/c13-8-1-3-9(4-2-8)15-7-12-10-5-14-6-11(10)12/h1-4,10-12,14H,5-7H2. The molecule has 1 aliphatic carbocycles.